The molecule has 4 aromatic heterocycles. The van der Waals surface area contributed by atoms with Crippen LogP contribution >= 0.6 is 0 Å². The summed E-state index contributed by atoms with van der Waals surface area (Å²) in [5.41, 5.74) is 29.1. The van der Waals surface area contributed by atoms with E-state index in [0.717, 1.165) is 89.1 Å². The van der Waals surface area contributed by atoms with Crippen LogP contribution in [0, 0.1) is 41.5 Å². The van der Waals surface area contributed by atoms with Crippen LogP contribution in [-0.2, 0) is 0 Å². The lowest BCUT2D eigenvalue weighted by Gasteiger charge is -2.22. The zero-order valence-electron chi connectivity index (χ0n) is 52.7. The van der Waals surface area contributed by atoms with E-state index < -0.39 is 0 Å². The Morgan fingerprint density at radius 2 is 0.548 bits per heavy atom. The molecule has 442 valence electrons. The van der Waals surface area contributed by atoms with Crippen LogP contribution in [0.2, 0.25) is 0 Å². The molecule has 0 atom stereocenters. The number of aryl methyl sites for hydroxylation is 6. The van der Waals surface area contributed by atoms with E-state index in [4.69, 9.17) is 15.0 Å². The van der Waals surface area contributed by atoms with Crippen molar-refractivity contribution < 1.29 is 0 Å². The number of para-hydroxylation sites is 4. The van der Waals surface area contributed by atoms with Gasteiger partial charge in [-0.3, -0.25) is 0 Å². The van der Waals surface area contributed by atoms with Gasteiger partial charge in [0.1, 0.15) is 0 Å². The Morgan fingerprint density at radius 1 is 0.226 bits per heavy atom. The molecule has 0 aliphatic carbocycles. The van der Waals surface area contributed by atoms with E-state index in [9.17, 15) is 0 Å². The average Bonchev–Trinajstić information content (AvgIpc) is 1.62. The standard InChI is InChI=1S/C87H64N6/c1-53-43-55(3)82(56(4)44-53)63-39-41-80-74(49-63)75-50-64(83-57(5)45-54(2)46-58(83)6)40-42-81(75)93(80)84-72(61-27-21-29-66(47-61)91-76-35-17-13-31-68(76)69-32-14-18-36-77(69)91)51-65(87-89-85(59-23-9-7-10-24-59)88-86(90-87)60-25-11-8-12-26-60)52-73(84)62-28-22-30-67(48-62)92-78-37-19-15-33-70(78)71-34-16-20-38-79(71)92/h7-52H,1-6H3. The molecule has 93 heavy (non-hydrogen) atoms. The van der Waals surface area contributed by atoms with Crippen LogP contribution < -0.4 is 0 Å². The Labute approximate surface area is 540 Å². The van der Waals surface area contributed by atoms with Crippen molar-refractivity contribution in [1.82, 2.24) is 28.7 Å². The number of rotatable bonds is 10. The van der Waals surface area contributed by atoms with Crippen molar-refractivity contribution in [2.24, 2.45) is 0 Å². The highest BCUT2D eigenvalue weighted by atomic mass is 15.0. The van der Waals surface area contributed by atoms with Crippen molar-refractivity contribution in [3.05, 3.63) is 312 Å². The summed E-state index contributed by atoms with van der Waals surface area (Å²) in [7, 11) is 0. The number of fused-ring (bicyclic) bond motifs is 9. The second-order valence-electron chi connectivity index (χ2n) is 25.1. The molecule has 0 bridgehead atoms. The Hall–Kier alpha value is -11.7. The lowest BCUT2D eigenvalue weighted by atomic mass is 9.91. The second-order valence-corrected chi connectivity index (χ2v) is 25.1. The molecular formula is C87H64N6. The highest BCUT2D eigenvalue weighted by Gasteiger charge is 2.26. The molecule has 0 saturated heterocycles. The minimum atomic E-state index is 0.568. The molecule has 17 rings (SSSR count). The van der Waals surface area contributed by atoms with Gasteiger partial charge >= 0.3 is 0 Å². The third-order valence-electron chi connectivity index (χ3n) is 19.0. The molecule has 0 fully saturated rings. The highest BCUT2D eigenvalue weighted by molar-refractivity contribution is 6.14. The van der Waals surface area contributed by atoms with Crippen molar-refractivity contribution in [1.29, 1.82) is 0 Å². The predicted octanol–water partition coefficient (Wildman–Crippen LogP) is 22.7. The van der Waals surface area contributed by atoms with Crippen LogP contribution in [0.15, 0.2) is 279 Å². The molecule has 6 heteroatoms. The van der Waals surface area contributed by atoms with Crippen molar-refractivity contribution in [2.45, 2.75) is 41.5 Å². The van der Waals surface area contributed by atoms with Crippen molar-refractivity contribution in [3.8, 4) is 95.7 Å². The Kier molecular flexibility index (Phi) is 13.1. The van der Waals surface area contributed by atoms with Crippen LogP contribution in [0.25, 0.3) is 161 Å². The summed E-state index contributed by atoms with van der Waals surface area (Å²) in [6, 6.07) is 102. The van der Waals surface area contributed by atoms with Gasteiger partial charge in [-0.05, 0) is 182 Å². The molecule has 0 unspecified atom stereocenters. The van der Waals surface area contributed by atoms with Crippen molar-refractivity contribution in [3.63, 3.8) is 0 Å². The Bertz CT molecular complexity index is 5380. The molecule has 4 heterocycles. The normalized spacial score (nSPS) is 11.8. The smallest absolute Gasteiger partial charge is 0.164 e. The topological polar surface area (TPSA) is 53.5 Å². The van der Waals surface area contributed by atoms with E-state index in [-0.39, 0.29) is 0 Å². The Morgan fingerprint density at radius 3 is 0.925 bits per heavy atom. The van der Waals surface area contributed by atoms with Gasteiger partial charge < -0.3 is 13.7 Å². The lowest BCUT2D eigenvalue weighted by molar-refractivity contribution is 1.07. The largest absolute Gasteiger partial charge is 0.309 e. The van der Waals surface area contributed by atoms with Crippen LogP contribution in [-0.4, -0.2) is 28.7 Å². The van der Waals surface area contributed by atoms with Crippen LogP contribution in [0.4, 0.5) is 0 Å². The van der Waals surface area contributed by atoms with Crippen LogP contribution in [0.1, 0.15) is 33.4 Å². The fraction of sp³-hybridized carbons (Fsp3) is 0.0690. The first-order valence-electron chi connectivity index (χ1n) is 32.1. The lowest BCUT2D eigenvalue weighted by Crippen LogP contribution is -2.05. The van der Waals surface area contributed by atoms with Gasteiger partial charge in [0, 0.05) is 71.5 Å². The van der Waals surface area contributed by atoms with Gasteiger partial charge in [-0.15, -0.1) is 0 Å². The molecule has 0 N–H and O–H groups in total. The number of aromatic nitrogens is 6. The van der Waals surface area contributed by atoms with E-state index in [1.54, 1.807) is 0 Å². The van der Waals surface area contributed by atoms with Gasteiger partial charge in [0.15, 0.2) is 17.5 Å². The highest BCUT2D eigenvalue weighted by Crippen LogP contribution is 2.48. The minimum absolute atomic E-state index is 0.568. The molecule has 0 aliphatic heterocycles. The quantitative estimate of drug-likeness (QED) is 0.137. The van der Waals surface area contributed by atoms with Gasteiger partial charge in [-0.2, -0.15) is 0 Å². The maximum absolute atomic E-state index is 5.49. The summed E-state index contributed by atoms with van der Waals surface area (Å²) >= 11 is 0. The molecule has 0 amide bonds. The Balaban J connectivity index is 1.03. The summed E-state index contributed by atoms with van der Waals surface area (Å²) < 4.78 is 7.41. The molecule has 13 aromatic carbocycles. The zero-order chi connectivity index (χ0) is 62.6. The second kappa shape index (κ2) is 22.0. The monoisotopic (exact) mass is 1190 g/mol. The summed E-state index contributed by atoms with van der Waals surface area (Å²) in [4.78, 5) is 16.2. The zero-order valence-corrected chi connectivity index (χ0v) is 52.7. The number of benzene rings is 13. The molecule has 17 aromatic rings. The first-order valence-corrected chi connectivity index (χ1v) is 32.1. The third-order valence-corrected chi connectivity index (χ3v) is 19.0. The summed E-state index contributed by atoms with van der Waals surface area (Å²) in [5.74, 6) is 1.76. The van der Waals surface area contributed by atoms with E-state index in [0.29, 0.717) is 17.5 Å². The van der Waals surface area contributed by atoms with E-state index >= 15 is 0 Å². The van der Waals surface area contributed by atoms with E-state index in [1.165, 1.54) is 88.0 Å². The van der Waals surface area contributed by atoms with Crippen molar-refractivity contribution in [2.75, 3.05) is 0 Å². The molecule has 0 aliphatic rings. The number of nitrogens with zero attached hydrogens (tertiary/aromatic N) is 6. The number of hydrogen-bond acceptors (Lipinski definition) is 3. The molecular weight excluding hydrogens is 1130 g/mol. The predicted molar refractivity (Wildman–Crippen MR) is 389 cm³/mol. The fourth-order valence-electron chi connectivity index (χ4n) is 15.3. The van der Waals surface area contributed by atoms with Crippen molar-refractivity contribution >= 4 is 65.4 Å². The maximum Gasteiger partial charge on any atom is 0.164 e. The summed E-state index contributed by atoms with van der Waals surface area (Å²) in [6.07, 6.45) is 0. The van der Waals surface area contributed by atoms with Gasteiger partial charge in [0.25, 0.3) is 0 Å². The van der Waals surface area contributed by atoms with Gasteiger partial charge in [0.2, 0.25) is 0 Å². The van der Waals surface area contributed by atoms with Gasteiger partial charge in [-0.1, -0.05) is 205 Å². The first kappa shape index (κ1) is 55.3. The fourth-order valence-corrected chi connectivity index (χ4v) is 15.3. The van der Waals surface area contributed by atoms with E-state index in [1.807, 2.05) is 36.4 Å². The van der Waals surface area contributed by atoms with Crippen LogP contribution in [0.3, 0.4) is 0 Å². The first-order chi connectivity index (χ1) is 45.6. The van der Waals surface area contributed by atoms with Gasteiger partial charge in [0.05, 0.1) is 38.8 Å². The van der Waals surface area contributed by atoms with E-state index in [2.05, 4.69) is 298 Å². The molecule has 6 nitrogen and oxygen atoms in total. The third kappa shape index (κ3) is 9.27. The summed E-state index contributed by atoms with van der Waals surface area (Å²) in [6.45, 7) is 13.4. The number of hydrogen-bond donors (Lipinski definition) is 0. The van der Waals surface area contributed by atoms with Crippen LogP contribution in [0.5, 0.6) is 0 Å². The molecule has 0 spiro atoms. The minimum Gasteiger partial charge on any atom is -0.309 e. The molecule has 0 radical (unpaired) electrons. The average molecular weight is 1190 g/mol. The molecule has 0 saturated carbocycles. The maximum atomic E-state index is 5.49. The van der Waals surface area contributed by atoms with Gasteiger partial charge in [-0.25, -0.2) is 15.0 Å². The summed E-state index contributed by atoms with van der Waals surface area (Å²) in [5, 5.41) is 7.18. The SMILES string of the molecule is Cc1cc(C)c(-c2ccc3c(c2)c2cc(-c4c(C)cc(C)cc4C)ccc2n3-c2c(-c3cccc(-n4c5ccccc5c5ccccc54)c3)cc(-c3nc(-c4ccccc4)nc(-c4ccccc4)n3)cc2-c2cccc(-n3c4ccccc4c4ccccc43)c2)c(C)c1.